The van der Waals surface area contributed by atoms with Gasteiger partial charge in [-0.1, -0.05) is 12.1 Å². The summed E-state index contributed by atoms with van der Waals surface area (Å²) in [5, 5.41) is 12.7. The van der Waals surface area contributed by atoms with E-state index in [-0.39, 0.29) is 0 Å². The van der Waals surface area contributed by atoms with Crippen molar-refractivity contribution in [3.8, 4) is 5.75 Å². The van der Waals surface area contributed by atoms with Crippen LogP contribution in [0, 0.1) is 0 Å². The highest BCUT2D eigenvalue weighted by atomic mass is 16.5. The molecule has 0 aliphatic heterocycles. The van der Waals surface area contributed by atoms with E-state index in [1.165, 1.54) is 12.8 Å². The predicted octanol–water partition coefficient (Wildman–Crippen LogP) is 2.44. The van der Waals surface area contributed by atoms with Crippen LogP contribution in [0.3, 0.4) is 0 Å². The third-order valence-corrected chi connectivity index (χ3v) is 3.48. The molecule has 0 unspecified atom stereocenters. The van der Waals surface area contributed by atoms with Crippen LogP contribution < -0.4 is 5.32 Å². The molecular weight excluding hydrogens is 214 g/mol. The molecule has 1 aromatic carbocycles. The molecule has 2 rings (SSSR count). The van der Waals surface area contributed by atoms with Crippen molar-refractivity contribution in [3.05, 3.63) is 29.8 Å². The van der Waals surface area contributed by atoms with Gasteiger partial charge in [-0.05, 0) is 50.4 Å². The monoisotopic (exact) mass is 235 g/mol. The van der Waals surface area contributed by atoms with Gasteiger partial charge in [-0.3, -0.25) is 0 Å². The van der Waals surface area contributed by atoms with Gasteiger partial charge in [-0.15, -0.1) is 0 Å². The molecule has 3 heteroatoms. The zero-order valence-corrected chi connectivity index (χ0v) is 10.4. The highest BCUT2D eigenvalue weighted by Crippen LogP contribution is 2.22. The molecule has 3 nitrogen and oxygen atoms in total. The molecule has 0 spiro atoms. The minimum atomic E-state index is 0.310. The molecule has 0 bridgehead atoms. The van der Waals surface area contributed by atoms with Crippen LogP contribution in [0.1, 0.15) is 31.2 Å². The summed E-state index contributed by atoms with van der Waals surface area (Å²) in [7, 11) is 2.03. The number of nitrogens with one attached hydrogen (secondary N) is 1. The van der Waals surface area contributed by atoms with Crippen LogP contribution in [0.2, 0.25) is 0 Å². The number of aromatic hydroxyl groups is 1. The number of phenolic OH excluding ortho intramolecular Hbond substituents is 1. The summed E-state index contributed by atoms with van der Waals surface area (Å²) in [6, 6.07) is 7.95. The molecule has 0 atom stereocenters. The van der Waals surface area contributed by atoms with E-state index >= 15 is 0 Å². The maximum atomic E-state index is 9.35. The molecule has 1 aliphatic carbocycles. The molecule has 1 saturated carbocycles. The number of benzene rings is 1. The topological polar surface area (TPSA) is 41.5 Å². The summed E-state index contributed by atoms with van der Waals surface area (Å²) < 4.78 is 5.88. The van der Waals surface area contributed by atoms with Gasteiger partial charge < -0.3 is 15.2 Å². The van der Waals surface area contributed by atoms with Crippen LogP contribution in [0.25, 0.3) is 0 Å². The molecule has 1 fully saturated rings. The second-order valence-corrected chi connectivity index (χ2v) is 4.74. The van der Waals surface area contributed by atoms with Crippen molar-refractivity contribution in [2.24, 2.45) is 0 Å². The normalized spacial score (nSPS) is 24.8. The number of rotatable bonds is 4. The van der Waals surface area contributed by atoms with Crippen molar-refractivity contribution < 1.29 is 9.84 Å². The van der Waals surface area contributed by atoms with Crippen LogP contribution in [0.4, 0.5) is 0 Å². The van der Waals surface area contributed by atoms with Crippen LogP contribution >= 0.6 is 0 Å². The fraction of sp³-hybridized carbons (Fsp3) is 0.571. The molecule has 94 valence electrons. The molecule has 1 aromatic rings. The average Bonchev–Trinajstić information content (AvgIpc) is 2.37. The third kappa shape index (κ3) is 3.72. The zero-order valence-electron chi connectivity index (χ0n) is 10.4. The Hall–Kier alpha value is -1.06. The lowest BCUT2D eigenvalue weighted by molar-refractivity contribution is 0.0118. The molecular formula is C14H21NO2. The summed E-state index contributed by atoms with van der Waals surface area (Å²) in [6.07, 6.45) is 5.03. The minimum Gasteiger partial charge on any atom is -0.508 e. The number of hydrogen-bond donors (Lipinski definition) is 2. The smallest absolute Gasteiger partial charge is 0.115 e. The lowest BCUT2D eigenvalue weighted by Crippen LogP contribution is -2.32. The summed E-state index contributed by atoms with van der Waals surface area (Å²) in [6.45, 7) is 0.600. The van der Waals surface area contributed by atoms with E-state index in [1.54, 1.807) is 12.1 Å². The quantitative estimate of drug-likeness (QED) is 0.842. The van der Waals surface area contributed by atoms with Crippen LogP contribution in [0.5, 0.6) is 5.75 Å². The Morgan fingerprint density at radius 3 is 2.71 bits per heavy atom. The van der Waals surface area contributed by atoms with Crippen LogP contribution in [0.15, 0.2) is 24.3 Å². The van der Waals surface area contributed by atoms with Crippen molar-refractivity contribution in [3.63, 3.8) is 0 Å². The Balaban J connectivity index is 1.76. The van der Waals surface area contributed by atoms with Crippen molar-refractivity contribution >= 4 is 0 Å². The maximum absolute atomic E-state index is 9.35. The van der Waals surface area contributed by atoms with E-state index in [4.69, 9.17) is 4.74 Å². The lowest BCUT2D eigenvalue weighted by atomic mass is 9.93. The molecule has 0 saturated heterocycles. The largest absolute Gasteiger partial charge is 0.508 e. The van der Waals surface area contributed by atoms with Crippen LogP contribution in [-0.2, 0) is 11.3 Å². The molecule has 17 heavy (non-hydrogen) atoms. The molecule has 0 amide bonds. The number of ether oxygens (including phenoxy) is 1. The second kappa shape index (κ2) is 6.03. The SMILES string of the molecule is CNC1CCC(OCc2cccc(O)c2)CC1. The van der Waals surface area contributed by atoms with E-state index in [0.29, 0.717) is 24.5 Å². The fourth-order valence-electron chi connectivity index (χ4n) is 2.38. The predicted molar refractivity (Wildman–Crippen MR) is 68.0 cm³/mol. The lowest BCUT2D eigenvalue weighted by Gasteiger charge is -2.28. The van der Waals surface area contributed by atoms with E-state index in [2.05, 4.69) is 5.32 Å². The van der Waals surface area contributed by atoms with E-state index < -0.39 is 0 Å². The van der Waals surface area contributed by atoms with Gasteiger partial charge in [0.1, 0.15) is 5.75 Å². The van der Waals surface area contributed by atoms with E-state index in [0.717, 1.165) is 18.4 Å². The van der Waals surface area contributed by atoms with E-state index in [9.17, 15) is 5.11 Å². The van der Waals surface area contributed by atoms with Gasteiger partial charge in [0.2, 0.25) is 0 Å². The fourth-order valence-corrected chi connectivity index (χ4v) is 2.38. The Bertz CT molecular complexity index is 346. The van der Waals surface area contributed by atoms with Gasteiger partial charge >= 0.3 is 0 Å². The summed E-state index contributed by atoms with van der Waals surface area (Å²) in [4.78, 5) is 0. The molecule has 0 aromatic heterocycles. The second-order valence-electron chi connectivity index (χ2n) is 4.74. The minimum absolute atomic E-state index is 0.310. The van der Waals surface area contributed by atoms with Gasteiger partial charge in [-0.25, -0.2) is 0 Å². The van der Waals surface area contributed by atoms with E-state index in [1.807, 2.05) is 19.2 Å². The average molecular weight is 235 g/mol. The van der Waals surface area contributed by atoms with Crippen molar-refractivity contribution in [1.82, 2.24) is 5.32 Å². The summed E-state index contributed by atoms with van der Waals surface area (Å²) in [5.74, 6) is 0.310. The zero-order chi connectivity index (χ0) is 12.1. The first kappa shape index (κ1) is 12.4. The highest BCUT2D eigenvalue weighted by Gasteiger charge is 2.20. The first-order chi connectivity index (χ1) is 8.28. The number of hydrogen-bond acceptors (Lipinski definition) is 3. The first-order valence-corrected chi connectivity index (χ1v) is 6.34. The van der Waals surface area contributed by atoms with Crippen molar-refractivity contribution in [2.75, 3.05) is 7.05 Å². The van der Waals surface area contributed by atoms with Gasteiger partial charge in [0.15, 0.2) is 0 Å². The molecule has 0 heterocycles. The van der Waals surface area contributed by atoms with Crippen LogP contribution in [-0.4, -0.2) is 24.3 Å². The molecule has 0 radical (unpaired) electrons. The maximum Gasteiger partial charge on any atom is 0.115 e. The van der Waals surface area contributed by atoms with Gasteiger partial charge in [0.25, 0.3) is 0 Å². The summed E-state index contributed by atoms with van der Waals surface area (Å²) >= 11 is 0. The highest BCUT2D eigenvalue weighted by molar-refractivity contribution is 5.26. The molecule has 1 aliphatic rings. The van der Waals surface area contributed by atoms with Gasteiger partial charge in [0.05, 0.1) is 12.7 Å². The summed E-state index contributed by atoms with van der Waals surface area (Å²) in [5.41, 5.74) is 1.04. The van der Waals surface area contributed by atoms with Crippen molar-refractivity contribution in [1.29, 1.82) is 0 Å². The van der Waals surface area contributed by atoms with Gasteiger partial charge in [0, 0.05) is 6.04 Å². The Labute approximate surface area is 103 Å². The Morgan fingerprint density at radius 1 is 1.29 bits per heavy atom. The number of phenols is 1. The standard InChI is InChI=1S/C14H21NO2/c1-15-12-5-7-14(8-6-12)17-10-11-3-2-4-13(16)9-11/h2-4,9,12,14-16H,5-8,10H2,1H3. The molecule has 2 N–H and O–H groups in total. The third-order valence-electron chi connectivity index (χ3n) is 3.48. The van der Waals surface area contributed by atoms with Crippen molar-refractivity contribution in [2.45, 2.75) is 44.4 Å². The first-order valence-electron chi connectivity index (χ1n) is 6.34. The Morgan fingerprint density at radius 2 is 2.06 bits per heavy atom. The van der Waals surface area contributed by atoms with Gasteiger partial charge in [-0.2, -0.15) is 0 Å². The Kier molecular flexibility index (Phi) is 4.40.